The zero-order valence-electron chi connectivity index (χ0n) is 20.8. The van der Waals surface area contributed by atoms with Crippen molar-refractivity contribution in [1.82, 2.24) is 5.10 Å². The van der Waals surface area contributed by atoms with E-state index in [4.69, 9.17) is 9.47 Å². The molecule has 0 aliphatic heterocycles. The third-order valence-corrected chi connectivity index (χ3v) is 5.67. The van der Waals surface area contributed by atoms with Crippen LogP contribution in [0.5, 0.6) is 5.75 Å². The zero-order valence-corrected chi connectivity index (χ0v) is 21.6. The molecule has 0 spiro atoms. The van der Waals surface area contributed by atoms with Gasteiger partial charge < -0.3 is 25.0 Å². The summed E-state index contributed by atoms with van der Waals surface area (Å²) >= 11 is 1.46. The van der Waals surface area contributed by atoms with E-state index < -0.39 is 0 Å². The van der Waals surface area contributed by atoms with Gasteiger partial charge >= 0.3 is 5.13 Å². The Hall–Kier alpha value is -2.79. The van der Waals surface area contributed by atoms with Gasteiger partial charge in [-0.25, -0.2) is 0 Å². The number of aryl methyl sites for hydroxylation is 1. The predicted molar refractivity (Wildman–Crippen MR) is 132 cm³/mol. The van der Waals surface area contributed by atoms with Gasteiger partial charge in [0.2, 0.25) is 11.0 Å². The maximum absolute atomic E-state index is 11.8. The van der Waals surface area contributed by atoms with Crippen molar-refractivity contribution in [2.75, 3.05) is 42.4 Å². The van der Waals surface area contributed by atoms with Crippen LogP contribution in [0.1, 0.15) is 41.5 Å². The summed E-state index contributed by atoms with van der Waals surface area (Å²) < 4.78 is 12.6. The summed E-state index contributed by atoms with van der Waals surface area (Å²) in [5.41, 5.74) is 1.75. The molecule has 11 heteroatoms. The Morgan fingerprint density at radius 2 is 1.91 bits per heavy atom. The number of carbonyl (C=O) groups is 1. The Bertz CT molecular complexity index is 952. The van der Waals surface area contributed by atoms with Crippen LogP contribution in [-0.4, -0.2) is 50.0 Å². The molecule has 0 bridgehead atoms. The molecule has 0 fully saturated rings. The molecular formula is C22H36N7O3S+. The minimum absolute atomic E-state index is 0.202. The van der Waals surface area contributed by atoms with Gasteiger partial charge in [0.15, 0.2) is 0 Å². The number of hydrogen-bond donors (Lipinski definition) is 2. The molecule has 1 amide bonds. The molecule has 2 rings (SSSR count). The Morgan fingerprint density at radius 3 is 2.48 bits per heavy atom. The van der Waals surface area contributed by atoms with E-state index in [2.05, 4.69) is 58.6 Å². The van der Waals surface area contributed by atoms with E-state index in [0.717, 1.165) is 10.8 Å². The number of amides is 1. The monoisotopic (exact) mass is 478 g/mol. The molecule has 0 radical (unpaired) electrons. The van der Waals surface area contributed by atoms with Crippen LogP contribution >= 0.6 is 11.3 Å². The van der Waals surface area contributed by atoms with Crippen molar-refractivity contribution < 1.29 is 19.0 Å². The molecule has 1 heterocycles. The number of carbonyl (C=O) groups excluding carboxylic acids is 1. The van der Waals surface area contributed by atoms with Crippen LogP contribution in [0.4, 0.5) is 27.3 Å². The number of aromatic nitrogens is 2. The number of ether oxygens (including phenoxy) is 2. The summed E-state index contributed by atoms with van der Waals surface area (Å²) in [6.45, 7) is 13.8. The molecule has 0 aliphatic rings. The van der Waals surface area contributed by atoms with Gasteiger partial charge in [0.1, 0.15) is 18.5 Å². The number of rotatable bonds is 12. The molecule has 1 aromatic heterocycles. The van der Waals surface area contributed by atoms with Crippen LogP contribution in [0.2, 0.25) is 0 Å². The number of hydrogen-bond acceptors (Lipinski definition) is 9. The van der Waals surface area contributed by atoms with Gasteiger partial charge in [-0.05, 0) is 57.1 Å². The van der Waals surface area contributed by atoms with E-state index in [0.29, 0.717) is 54.1 Å². The fourth-order valence-corrected chi connectivity index (χ4v) is 4.42. The molecule has 1 aromatic carbocycles. The largest absolute Gasteiger partial charge is 0.495 e. The van der Waals surface area contributed by atoms with Gasteiger partial charge in [0.25, 0.3) is 0 Å². The quantitative estimate of drug-likeness (QED) is 0.266. The summed E-state index contributed by atoms with van der Waals surface area (Å²) in [6.07, 6.45) is 0. The summed E-state index contributed by atoms with van der Waals surface area (Å²) in [5.74, 6) is 0.390. The van der Waals surface area contributed by atoms with Crippen LogP contribution < -0.4 is 25.0 Å². The first-order chi connectivity index (χ1) is 15.7. The van der Waals surface area contributed by atoms with Gasteiger partial charge in [0.05, 0.1) is 30.2 Å². The van der Waals surface area contributed by atoms with Gasteiger partial charge in [-0.2, -0.15) is 0 Å². The maximum Gasteiger partial charge on any atom is 0.431 e. The van der Waals surface area contributed by atoms with Gasteiger partial charge in [0, 0.05) is 38.2 Å². The second-order valence-electron chi connectivity index (χ2n) is 7.96. The van der Waals surface area contributed by atoms with E-state index in [1.165, 1.54) is 18.3 Å². The average Bonchev–Trinajstić information content (AvgIpc) is 3.09. The van der Waals surface area contributed by atoms with E-state index in [1.54, 1.807) is 23.9 Å². The second kappa shape index (κ2) is 12.4. The van der Waals surface area contributed by atoms with Crippen molar-refractivity contribution in [1.29, 1.82) is 0 Å². The molecule has 2 aromatic rings. The fourth-order valence-electron chi connectivity index (χ4n) is 3.31. The highest BCUT2D eigenvalue weighted by Crippen LogP contribution is 2.38. The Kier molecular flexibility index (Phi) is 9.98. The van der Waals surface area contributed by atoms with Crippen molar-refractivity contribution in [3.63, 3.8) is 0 Å². The third-order valence-electron chi connectivity index (χ3n) is 4.67. The fraction of sp³-hybridized carbons (Fsp3) is 0.591. The molecule has 33 heavy (non-hydrogen) atoms. The van der Waals surface area contributed by atoms with E-state index in [9.17, 15) is 4.79 Å². The lowest BCUT2D eigenvalue weighted by molar-refractivity contribution is -0.712. The Balaban J connectivity index is 2.38. The SMILES string of the molecule is CCOCCNc1cc(NC(C)=O)c(N=Nc2sc(N(C(C)C)C(C)C)n[n+]2C)cc1OC. The van der Waals surface area contributed by atoms with E-state index >= 15 is 0 Å². The lowest BCUT2D eigenvalue weighted by Gasteiger charge is -2.28. The van der Waals surface area contributed by atoms with Crippen LogP contribution in [0.15, 0.2) is 22.4 Å². The number of anilines is 3. The highest BCUT2D eigenvalue weighted by molar-refractivity contribution is 7.18. The third kappa shape index (κ3) is 7.36. The summed E-state index contributed by atoms with van der Waals surface area (Å²) in [4.78, 5) is 14.0. The van der Waals surface area contributed by atoms with E-state index in [1.807, 2.05) is 14.0 Å². The van der Waals surface area contributed by atoms with Gasteiger partial charge in [-0.15, -0.1) is 4.68 Å². The lowest BCUT2D eigenvalue weighted by Crippen LogP contribution is -2.39. The molecule has 182 valence electrons. The second-order valence-corrected chi connectivity index (χ2v) is 8.89. The molecular weight excluding hydrogens is 442 g/mol. The molecule has 0 atom stereocenters. The number of methoxy groups -OCH3 is 1. The van der Waals surface area contributed by atoms with Crippen LogP contribution in [0.25, 0.3) is 0 Å². The van der Waals surface area contributed by atoms with Crippen molar-refractivity contribution >= 4 is 44.6 Å². The molecule has 0 aliphatic carbocycles. The maximum atomic E-state index is 11.8. The van der Waals surface area contributed by atoms with Gasteiger partial charge in [-0.3, -0.25) is 4.79 Å². The molecule has 2 N–H and O–H groups in total. The number of benzene rings is 1. The molecule has 10 nitrogen and oxygen atoms in total. The van der Waals surface area contributed by atoms with Crippen molar-refractivity contribution in [2.24, 2.45) is 17.3 Å². The standard InChI is InChI=1S/C22H35N7O3S/c1-9-32-11-10-23-19-12-17(24-16(6)30)18(13-20(19)31-8)25-26-21-28(7)27-22(33-21)29(14(2)3)15(4)5/h12-15H,9-11H2,1-8H3,(H,23,24,30)/p+1. The topological polar surface area (TPSA) is 104 Å². The van der Waals surface area contributed by atoms with Crippen molar-refractivity contribution in [3.8, 4) is 5.75 Å². The normalized spacial score (nSPS) is 11.5. The molecule has 0 unspecified atom stereocenters. The first-order valence-electron chi connectivity index (χ1n) is 11.1. The van der Waals surface area contributed by atoms with Crippen molar-refractivity contribution in [3.05, 3.63) is 12.1 Å². The number of nitrogens with zero attached hydrogens (tertiary/aromatic N) is 5. The molecule has 0 saturated heterocycles. The van der Waals surface area contributed by atoms with Crippen LogP contribution in [0.3, 0.4) is 0 Å². The summed E-state index contributed by atoms with van der Waals surface area (Å²) in [7, 11) is 3.43. The lowest BCUT2D eigenvalue weighted by atomic mass is 10.2. The predicted octanol–water partition coefficient (Wildman–Crippen LogP) is 4.42. The Morgan fingerprint density at radius 1 is 1.21 bits per heavy atom. The highest BCUT2D eigenvalue weighted by atomic mass is 32.1. The smallest absolute Gasteiger partial charge is 0.431 e. The minimum Gasteiger partial charge on any atom is -0.495 e. The van der Waals surface area contributed by atoms with Crippen LogP contribution in [-0.2, 0) is 16.6 Å². The average molecular weight is 479 g/mol. The van der Waals surface area contributed by atoms with Gasteiger partial charge in [-0.1, -0.05) is 5.10 Å². The zero-order chi connectivity index (χ0) is 24.5. The van der Waals surface area contributed by atoms with Crippen LogP contribution in [0, 0.1) is 0 Å². The highest BCUT2D eigenvalue weighted by Gasteiger charge is 2.24. The minimum atomic E-state index is -0.202. The molecule has 0 saturated carbocycles. The summed E-state index contributed by atoms with van der Waals surface area (Å²) in [5, 5.41) is 21.1. The first-order valence-corrected chi connectivity index (χ1v) is 11.9. The first kappa shape index (κ1) is 26.5. The Labute approximate surface area is 200 Å². The van der Waals surface area contributed by atoms with Crippen molar-refractivity contribution in [2.45, 2.75) is 53.6 Å². The van der Waals surface area contributed by atoms with E-state index in [-0.39, 0.29) is 5.91 Å². The number of azo groups is 1. The number of nitrogens with one attached hydrogen (secondary N) is 2. The summed E-state index contributed by atoms with van der Waals surface area (Å²) in [6, 6.07) is 4.14.